The lowest BCUT2D eigenvalue weighted by Gasteiger charge is -2.34. The van der Waals surface area contributed by atoms with Gasteiger partial charge in [0.05, 0.1) is 0 Å². The van der Waals surface area contributed by atoms with E-state index in [4.69, 9.17) is 0 Å². The second-order valence-corrected chi connectivity index (χ2v) is 5.93. The molecule has 1 saturated heterocycles. The van der Waals surface area contributed by atoms with E-state index in [-0.39, 0.29) is 0 Å². The highest BCUT2D eigenvalue weighted by atomic mass is 16.1. The van der Waals surface area contributed by atoms with Crippen molar-refractivity contribution in [2.75, 3.05) is 39.3 Å². The molecule has 0 spiro atoms. The van der Waals surface area contributed by atoms with Gasteiger partial charge in [-0.15, -0.1) is 0 Å². The molecule has 0 bridgehead atoms. The first-order valence-corrected chi connectivity index (χ1v) is 8.31. The van der Waals surface area contributed by atoms with E-state index < -0.39 is 0 Å². The van der Waals surface area contributed by atoms with Gasteiger partial charge in [0.2, 0.25) is 0 Å². The zero-order valence-corrected chi connectivity index (χ0v) is 13.0. The second-order valence-electron chi connectivity index (χ2n) is 5.93. The monoisotopic (exact) mass is 288 g/mol. The molecule has 1 fully saturated rings. The van der Waals surface area contributed by atoms with Gasteiger partial charge in [0.15, 0.2) is 0 Å². The second kappa shape index (κ2) is 9.69. The van der Waals surface area contributed by atoms with Crippen LogP contribution in [0.3, 0.4) is 0 Å². The molecule has 1 aromatic rings. The molecule has 116 valence electrons. The van der Waals surface area contributed by atoms with Gasteiger partial charge in [0, 0.05) is 32.6 Å². The van der Waals surface area contributed by atoms with Crippen LogP contribution in [0.5, 0.6) is 0 Å². The minimum atomic E-state index is 0.708. The Morgan fingerprint density at radius 1 is 0.857 bits per heavy atom. The van der Waals surface area contributed by atoms with Gasteiger partial charge < -0.3 is 14.6 Å². The number of rotatable bonds is 9. The summed E-state index contributed by atoms with van der Waals surface area (Å²) in [7, 11) is 0. The minimum absolute atomic E-state index is 0.708. The highest BCUT2D eigenvalue weighted by molar-refractivity contribution is 5.48. The first-order valence-electron chi connectivity index (χ1n) is 8.31. The summed E-state index contributed by atoms with van der Waals surface area (Å²) in [6.45, 7) is 7.02. The summed E-state index contributed by atoms with van der Waals surface area (Å²) in [6, 6.07) is 10.8. The van der Waals surface area contributed by atoms with E-state index in [1.54, 1.807) is 0 Å². The van der Waals surface area contributed by atoms with Crippen LogP contribution in [0.2, 0.25) is 0 Å². The largest absolute Gasteiger partial charge is 0.303 e. The number of aryl methyl sites for hydroxylation is 1. The number of nitrogens with zero attached hydrogens (tertiary/aromatic N) is 2. The van der Waals surface area contributed by atoms with Crippen molar-refractivity contribution in [3.8, 4) is 0 Å². The fourth-order valence-electron chi connectivity index (χ4n) is 2.94. The number of hydrogen-bond acceptors (Lipinski definition) is 3. The molecule has 0 aromatic heterocycles. The highest BCUT2D eigenvalue weighted by Gasteiger charge is 2.15. The number of carbonyl (C=O) groups is 1. The van der Waals surface area contributed by atoms with E-state index in [0.29, 0.717) is 6.42 Å². The lowest BCUT2D eigenvalue weighted by atomic mass is 10.1. The highest BCUT2D eigenvalue weighted by Crippen LogP contribution is 2.08. The van der Waals surface area contributed by atoms with Crippen molar-refractivity contribution in [3.05, 3.63) is 35.9 Å². The molecule has 3 nitrogen and oxygen atoms in total. The molecule has 1 aliphatic rings. The number of piperazine rings is 1. The maximum atomic E-state index is 10.3. The normalized spacial score (nSPS) is 17.0. The Labute approximate surface area is 128 Å². The summed E-state index contributed by atoms with van der Waals surface area (Å²) >= 11 is 0. The third-order valence-corrected chi connectivity index (χ3v) is 4.29. The third kappa shape index (κ3) is 6.40. The lowest BCUT2D eigenvalue weighted by Crippen LogP contribution is -2.46. The van der Waals surface area contributed by atoms with Crippen LogP contribution in [-0.4, -0.2) is 55.4 Å². The molecule has 0 aliphatic carbocycles. The predicted octanol–water partition coefficient (Wildman–Crippen LogP) is 2.61. The van der Waals surface area contributed by atoms with Crippen molar-refractivity contribution in [1.29, 1.82) is 0 Å². The Kier molecular flexibility index (Phi) is 7.47. The Balaban J connectivity index is 1.52. The maximum absolute atomic E-state index is 10.3. The molecular weight excluding hydrogens is 260 g/mol. The molecular formula is C18H28N2O. The van der Waals surface area contributed by atoms with Crippen LogP contribution < -0.4 is 0 Å². The topological polar surface area (TPSA) is 23.6 Å². The van der Waals surface area contributed by atoms with Crippen LogP contribution in [-0.2, 0) is 11.2 Å². The number of hydrogen-bond donors (Lipinski definition) is 0. The average Bonchev–Trinajstić information content (AvgIpc) is 2.54. The summed E-state index contributed by atoms with van der Waals surface area (Å²) in [5.41, 5.74) is 1.46. The fourth-order valence-corrected chi connectivity index (χ4v) is 2.94. The number of unbranched alkanes of at least 4 members (excludes halogenated alkanes) is 2. The Morgan fingerprint density at radius 3 is 2.10 bits per heavy atom. The van der Waals surface area contributed by atoms with E-state index in [0.717, 1.165) is 32.3 Å². The minimum Gasteiger partial charge on any atom is -0.303 e. The molecule has 0 radical (unpaired) electrons. The summed E-state index contributed by atoms with van der Waals surface area (Å²) in [6.07, 6.45) is 6.53. The van der Waals surface area contributed by atoms with E-state index >= 15 is 0 Å². The summed E-state index contributed by atoms with van der Waals surface area (Å²) in [5.74, 6) is 0. The number of carbonyl (C=O) groups excluding carboxylic acids is 1. The van der Waals surface area contributed by atoms with Crippen LogP contribution in [0.1, 0.15) is 31.2 Å². The zero-order valence-electron chi connectivity index (χ0n) is 13.0. The van der Waals surface area contributed by atoms with Crippen molar-refractivity contribution >= 4 is 6.29 Å². The van der Waals surface area contributed by atoms with Crippen molar-refractivity contribution < 1.29 is 4.79 Å². The predicted molar refractivity (Wildman–Crippen MR) is 87.6 cm³/mol. The molecule has 1 aliphatic heterocycles. The van der Waals surface area contributed by atoms with E-state index in [9.17, 15) is 4.79 Å². The molecule has 1 heterocycles. The molecule has 3 heteroatoms. The molecule has 0 atom stereocenters. The Hall–Kier alpha value is -1.19. The smallest absolute Gasteiger partial charge is 0.120 e. The van der Waals surface area contributed by atoms with E-state index in [1.165, 1.54) is 44.5 Å². The van der Waals surface area contributed by atoms with Gasteiger partial charge in [-0.25, -0.2) is 0 Å². The van der Waals surface area contributed by atoms with Crippen LogP contribution >= 0.6 is 0 Å². The van der Waals surface area contributed by atoms with Crippen molar-refractivity contribution in [2.45, 2.75) is 32.1 Å². The van der Waals surface area contributed by atoms with Gasteiger partial charge in [0.1, 0.15) is 6.29 Å². The molecule has 0 saturated carbocycles. The molecule has 1 aromatic carbocycles. The summed E-state index contributed by atoms with van der Waals surface area (Å²) < 4.78 is 0. The van der Waals surface area contributed by atoms with Crippen LogP contribution in [0.4, 0.5) is 0 Å². The molecule has 0 unspecified atom stereocenters. The average molecular weight is 288 g/mol. The zero-order chi connectivity index (χ0) is 14.8. The van der Waals surface area contributed by atoms with E-state index in [1.807, 2.05) is 0 Å². The Bertz CT molecular complexity index is 385. The first-order chi connectivity index (χ1) is 10.4. The van der Waals surface area contributed by atoms with Crippen molar-refractivity contribution in [1.82, 2.24) is 9.80 Å². The van der Waals surface area contributed by atoms with Crippen molar-refractivity contribution in [3.63, 3.8) is 0 Å². The van der Waals surface area contributed by atoms with Gasteiger partial charge in [-0.1, -0.05) is 30.3 Å². The van der Waals surface area contributed by atoms with Crippen LogP contribution in [0.15, 0.2) is 30.3 Å². The first kappa shape index (κ1) is 16.2. The molecule has 0 amide bonds. The maximum Gasteiger partial charge on any atom is 0.120 e. The lowest BCUT2D eigenvalue weighted by molar-refractivity contribution is -0.108. The standard InChI is InChI=1S/C18H28N2O/c21-17-7-6-12-20-15-13-19(14-16-20)11-5-4-10-18-8-2-1-3-9-18/h1-3,8-9,17H,4-7,10-16H2. The van der Waals surface area contributed by atoms with Gasteiger partial charge in [-0.2, -0.15) is 0 Å². The fraction of sp³-hybridized carbons (Fsp3) is 0.611. The molecule has 0 N–H and O–H groups in total. The number of aldehydes is 1. The summed E-state index contributed by atoms with van der Waals surface area (Å²) in [5, 5.41) is 0. The van der Waals surface area contributed by atoms with Crippen LogP contribution in [0, 0.1) is 0 Å². The van der Waals surface area contributed by atoms with Gasteiger partial charge in [-0.3, -0.25) is 0 Å². The molecule has 2 rings (SSSR count). The number of benzene rings is 1. The summed E-state index contributed by atoms with van der Waals surface area (Å²) in [4.78, 5) is 15.4. The van der Waals surface area contributed by atoms with Gasteiger partial charge in [0.25, 0.3) is 0 Å². The van der Waals surface area contributed by atoms with Crippen LogP contribution in [0.25, 0.3) is 0 Å². The Morgan fingerprint density at radius 2 is 1.48 bits per heavy atom. The van der Waals surface area contributed by atoms with Crippen molar-refractivity contribution in [2.24, 2.45) is 0 Å². The SMILES string of the molecule is O=CCCCN1CCN(CCCCc2ccccc2)CC1. The van der Waals surface area contributed by atoms with Gasteiger partial charge >= 0.3 is 0 Å². The van der Waals surface area contributed by atoms with Gasteiger partial charge in [-0.05, 0) is 44.3 Å². The molecule has 21 heavy (non-hydrogen) atoms. The third-order valence-electron chi connectivity index (χ3n) is 4.29. The van der Waals surface area contributed by atoms with E-state index in [2.05, 4.69) is 40.1 Å². The quantitative estimate of drug-likeness (QED) is 0.515.